The Hall–Kier alpha value is -1.39. The summed E-state index contributed by atoms with van der Waals surface area (Å²) in [5.41, 5.74) is 4.85. The highest BCUT2D eigenvalue weighted by Crippen LogP contribution is 2.09. The lowest BCUT2D eigenvalue weighted by Gasteiger charge is -2.06. The molecule has 2 rings (SSSR count). The van der Waals surface area contributed by atoms with Crippen LogP contribution in [0.5, 0.6) is 0 Å². The molecule has 17 heavy (non-hydrogen) atoms. The maximum Gasteiger partial charge on any atom is 0.304 e. The van der Waals surface area contributed by atoms with E-state index in [1.54, 1.807) is 0 Å². The maximum atomic E-state index is 10.9. The van der Waals surface area contributed by atoms with Crippen LogP contribution in [-0.4, -0.2) is 4.98 Å². The van der Waals surface area contributed by atoms with Crippen molar-refractivity contribution < 1.29 is 0 Å². The molecule has 3 nitrogen and oxygen atoms in total. The van der Waals surface area contributed by atoms with Gasteiger partial charge in [0.2, 0.25) is 0 Å². The van der Waals surface area contributed by atoms with E-state index in [-0.39, 0.29) is 4.87 Å². The zero-order valence-electron chi connectivity index (χ0n) is 10.0. The van der Waals surface area contributed by atoms with Crippen molar-refractivity contribution in [1.82, 2.24) is 10.3 Å². The van der Waals surface area contributed by atoms with Gasteiger partial charge in [0, 0.05) is 24.2 Å². The lowest BCUT2D eigenvalue weighted by Crippen LogP contribution is -2.13. The molecule has 0 unspecified atom stereocenters. The number of hydrogen-bond acceptors (Lipinski definition) is 3. The van der Waals surface area contributed by atoms with Crippen LogP contribution in [0.1, 0.15) is 22.4 Å². The second kappa shape index (κ2) is 5.29. The molecule has 0 saturated heterocycles. The Morgan fingerprint density at radius 2 is 2.06 bits per heavy atom. The Balaban J connectivity index is 1.89. The summed E-state index contributed by atoms with van der Waals surface area (Å²) in [4.78, 5) is 13.7. The van der Waals surface area contributed by atoms with Gasteiger partial charge < -0.3 is 10.3 Å². The van der Waals surface area contributed by atoms with Gasteiger partial charge in [-0.05, 0) is 30.5 Å². The largest absolute Gasteiger partial charge is 0.315 e. The number of hydrogen-bond donors (Lipinski definition) is 2. The predicted molar refractivity (Wildman–Crippen MR) is 71.4 cm³/mol. The van der Waals surface area contributed by atoms with Gasteiger partial charge in [0.25, 0.3) is 0 Å². The molecule has 0 bridgehead atoms. The molecule has 0 aliphatic heterocycles. The fourth-order valence-corrected chi connectivity index (χ4v) is 2.24. The number of H-pyrrole nitrogens is 1. The van der Waals surface area contributed by atoms with E-state index in [2.05, 4.69) is 42.3 Å². The Morgan fingerprint density at radius 1 is 1.24 bits per heavy atom. The van der Waals surface area contributed by atoms with Gasteiger partial charge in [-0.3, -0.25) is 4.79 Å². The number of benzene rings is 1. The normalized spacial score (nSPS) is 10.7. The Labute approximate surface area is 105 Å². The third-order valence-corrected chi connectivity index (χ3v) is 3.51. The van der Waals surface area contributed by atoms with Crippen molar-refractivity contribution in [3.8, 4) is 0 Å². The summed E-state index contributed by atoms with van der Waals surface area (Å²) in [6.45, 7) is 5.75. The molecule has 0 amide bonds. The van der Waals surface area contributed by atoms with E-state index in [1.807, 2.05) is 5.38 Å². The van der Waals surface area contributed by atoms with Crippen LogP contribution >= 0.6 is 11.3 Å². The first-order chi connectivity index (χ1) is 8.15. The van der Waals surface area contributed by atoms with Crippen LogP contribution in [0.15, 0.2) is 28.4 Å². The van der Waals surface area contributed by atoms with Gasteiger partial charge in [-0.25, -0.2) is 0 Å². The second-order valence-electron chi connectivity index (χ2n) is 4.20. The molecule has 0 aliphatic carbocycles. The molecule has 0 spiro atoms. The van der Waals surface area contributed by atoms with E-state index in [1.165, 1.54) is 28.0 Å². The number of aromatic amines is 1. The van der Waals surface area contributed by atoms with E-state index in [0.29, 0.717) is 6.54 Å². The van der Waals surface area contributed by atoms with Gasteiger partial charge >= 0.3 is 4.87 Å². The average Bonchev–Trinajstić information content (AvgIpc) is 2.70. The zero-order valence-corrected chi connectivity index (χ0v) is 10.9. The van der Waals surface area contributed by atoms with Crippen LogP contribution in [0.2, 0.25) is 0 Å². The van der Waals surface area contributed by atoms with Crippen LogP contribution < -0.4 is 10.2 Å². The van der Waals surface area contributed by atoms with Crippen LogP contribution in [0, 0.1) is 13.8 Å². The van der Waals surface area contributed by atoms with E-state index >= 15 is 0 Å². The fraction of sp³-hybridized carbons (Fsp3) is 0.308. The first kappa shape index (κ1) is 12.1. The molecule has 0 saturated carbocycles. The lowest BCUT2D eigenvalue weighted by atomic mass is 10.1. The number of aryl methyl sites for hydroxylation is 2. The first-order valence-corrected chi connectivity index (χ1v) is 6.46. The standard InChI is InChI=1S/C13H16N2OS/c1-9-3-4-11(5-10(9)2)6-14-7-12-8-17-13(16)15-12/h3-5,8,14H,6-7H2,1-2H3,(H,15,16). The predicted octanol–water partition coefficient (Wildman–Crippen LogP) is 2.34. The highest BCUT2D eigenvalue weighted by atomic mass is 32.1. The second-order valence-corrected chi connectivity index (χ2v) is 5.04. The summed E-state index contributed by atoms with van der Waals surface area (Å²) in [5.74, 6) is 0. The summed E-state index contributed by atoms with van der Waals surface area (Å²) < 4.78 is 0. The molecular formula is C13H16N2OS. The molecule has 0 fully saturated rings. The highest BCUT2D eigenvalue weighted by Gasteiger charge is 1.98. The van der Waals surface area contributed by atoms with Crippen LogP contribution in [0.3, 0.4) is 0 Å². The molecule has 90 valence electrons. The van der Waals surface area contributed by atoms with E-state index in [0.717, 1.165) is 12.2 Å². The Kier molecular flexibility index (Phi) is 3.76. The van der Waals surface area contributed by atoms with Crippen LogP contribution in [0.4, 0.5) is 0 Å². The molecule has 0 aliphatic rings. The molecule has 4 heteroatoms. The molecule has 0 atom stereocenters. The fourth-order valence-electron chi connectivity index (χ4n) is 1.66. The van der Waals surface area contributed by atoms with Gasteiger partial charge in [0.1, 0.15) is 0 Å². The van der Waals surface area contributed by atoms with Crippen molar-refractivity contribution >= 4 is 11.3 Å². The summed E-state index contributed by atoms with van der Waals surface area (Å²) in [6, 6.07) is 6.46. The van der Waals surface area contributed by atoms with Gasteiger partial charge in [-0.15, -0.1) is 0 Å². The zero-order chi connectivity index (χ0) is 12.3. The topological polar surface area (TPSA) is 44.9 Å². The Bertz CT molecular complexity index is 557. The van der Waals surface area contributed by atoms with Gasteiger partial charge in [0.15, 0.2) is 0 Å². The van der Waals surface area contributed by atoms with Crippen molar-refractivity contribution in [3.63, 3.8) is 0 Å². The van der Waals surface area contributed by atoms with Gasteiger partial charge in [-0.1, -0.05) is 29.5 Å². The molecule has 2 N–H and O–H groups in total. The minimum absolute atomic E-state index is 0.00739. The van der Waals surface area contributed by atoms with Crippen molar-refractivity contribution in [1.29, 1.82) is 0 Å². The third-order valence-electron chi connectivity index (χ3n) is 2.79. The van der Waals surface area contributed by atoms with E-state index < -0.39 is 0 Å². The monoisotopic (exact) mass is 248 g/mol. The van der Waals surface area contributed by atoms with E-state index in [9.17, 15) is 4.79 Å². The van der Waals surface area contributed by atoms with Crippen molar-refractivity contribution in [2.24, 2.45) is 0 Å². The van der Waals surface area contributed by atoms with Crippen LogP contribution in [0.25, 0.3) is 0 Å². The highest BCUT2D eigenvalue weighted by molar-refractivity contribution is 7.07. The van der Waals surface area contributed by atoms with Crippen LogP contribution in [-0.2, 0) is 13.1 Å². The maximum absolute atomic E-state index is 10.9. The molecule has 1 aromatic carbocycles. The van der Waals surface area contributed by atoms with Crippen molar-refractivity contribution in [3.05, 3.63) is 55.6 Å². The minimum atomic E-state index is 0.00739. The smallest absolute Gasteiger partial charge is 0.304 e. The first-order valence-electron chi connectivity index (χ1n) is 5.58. The van der Waals surface area contributed by atoms with Gasteiger partial charge in [-0.2, -0.15) is 0 Å². The van der Waals surface area contributed by atoms with E-state index in [4.69, 9.17) is 0 Å². The third kappa shape index (κ3) is 3.28. The molecular weight excluding hydrogens is 232 g/mol. The quantitative estimate of drug-likeness (QED) is 0.872. The number of rotatable bonds is 4. The average molecular weight is 248 g/mol. The van der Waals surface area contributed by atoms with Crippen molar-refractivity contribution in [2.75, 3.05) is 0 Å². The van der Waals surface area contributed by atoms with Gasteiger partial charge in [0.05, 0.1) is 0 Å². The summed E-state index contributed by atoms with van der Waals surface area (Å²) in [7, 11) is 0. The summed E-state index contributed by atoms with van der Waals surface area (Å²) >= 11 is 1.20. The molecule has 2 aromatic rings. The number of aromatic nitrogens is 1. The Morgan fingerprint density at radius 3 is 2.71 bits per heavy atom. The lowest BCUT2D eigenvalue weighted by molar-refractivity contribution is 0.681. The summed E-state index contributed by atoms with van der Waals surface area (Å²) in [6.07, 6.45) is 0. The summed E-state index contributed by atoms with van der Waals surface area (Å²) in [5, 5.41) is 5.17. The number of nitrogens with one attached hydrogen (secondary N) is 2. The van der Waals surface area contributed by atoms with Crippen molar-refractivity contribution in [2.45, 2.75) is 26.9 Å². The number of thiazole rings is 1. The SMILES string of the molecule is Cc1ccc(CNCc2csc(=O)[nH]2)cc1C. The minimum Gasteiger partial charge on any atom is -0.315 e. The molecule has 1 heterocycles. The molecule has 0 radical (unpaired) electrons. The molecule has 1 aromatic heterocycles.